The molecule has 0 radical (unpaired) electrons. The molecule has 0 aliphatic heterocycles. The van der Waals surface area contributed by atoms with Gasteiger partial charge in [-0.3, -0.25) is 9.79 Å². The van der Waals surface area contributed by atoms with E-state index in [1.165, 1.54) is 19.3 Å². The summed E-state index contributed by atoms with van der Waals surface area (Å²) in [6, 6.07) is 0.340. The molecule has 4 N–H and O–H groups in total. The van der Waals surface area contributed by atoms with Crippen LogP contribution in [0.2, 0.25) is 0 Å². The van der Waals surface area contributed by atoms with Gasteiger partial charge in [-0.15, -0.1) is 0 Å². The van der Waals surface area contributed by atoms with Crippen molar-refractivity contribution in [3.05, 3.63) is 0 Å². The number of carbonyl (C=O) groups is 2. The van der Waals surface area contributed by atoms with Crippen molar-refractivity contribution in [2.75, 3.05) is 26.7 Å². The van der Waals surface area contributed by atoms with E-state index >= 15 is 0 Å². The van der Waals surface area contributed by atoms with Crippen LogP contribution in [0.5, 0.6) is 0 Å². The highest BCUT2D eigenvalue weighted by atomic mass is 16.6. The smallest absolute Gasteiger partial charge is 0.407 e. The fraction of sp³-hybridized carbons (Fsp3) is 0.833. The molecule has 1 aliphatic rings. The minimum absolute atomic E-state index is 0.0754. The van der Waals surface area contributed by atoms with Crippen LogP contribution in [0, 0.1) is 0 Å². The first-order valence-corrected chi connectivity index (χ1v) is 9.51. The van der Waals surface area contributed by atoms with Gasteiger partial charge < -0.3 is 26.0 Å². The van der Waals surface area contributed by atoms with Gasteiger partial charge in [0.1, 0.15) is 5.60 Å². The summed E-state index contributed by atoms with van der Waals surface area (Å²) in [6.45, 7) is 6.89. The first-order chi connectivity index (χ1) is 12.3. The number of rotatable bonds is 7. The molecule has 0 aromatic rings. The monoisotopic (exact) mass is 369 g/mol. The van der Waals surface area contributed by atoms with Crippen LogP contribution in [0.4, 0.5) is 4.79 Å². The van der Waals surface area contributed by atoms with Crippen LogP contribution < -0.4 is 21.3 Å². The fourth-order valence-corrected chi connectivity index (χ4v) is 2.72. The highest BCUT2D eigenvalue weighted by Gasteiger charge is 2.16. The van der Waals surface area contributed by atoms with Crippen molar-refractivity contribution in [1.82, 2.24) is 21.3 Å². The molecule has 26 heavy (non-hydrogen) atoms. The zero-order valence-electron chi connectivity index (χ0n) is 16.6. The third-order valence-electron chi connectivity index (χ3n) is 3.92. The number of amides is 2. The van der Waals surface area contributed by atoms with E-state index in [0.29, 0.717) is 38.1 Å². The number of alkyl carbamates (subject to hydrolysis) is 1. The summed E-state index contributed by atoms with van der Waals surface area (Å²) in [5.41, 5.74) is -0.507. The van der Waals surface area contributed by atoms with Crippen molar-refractivity contribution in [3.8, 4) is 0 Å². The van der Waals surface area contributed by atoms with Crippen LogP contribution in [0.15, 0.2) is 4.99 Å². The molecule has 0 spiro atoms. The second-order valence-electron chi connectivity index (χ2n) is 7.51. The molecule has 0 heterocycles. The predicted octanol–water partition coefficient (Wildman–Crippen LogP) is 1.52. The van der Waals surface area contributed by atoms with Gasteiger partial charge in [-0.2, -0.15) is 0 Å². The van der Waals surface area contributed by atoms with Crippen molar-refractivity contribution in [2.24, 2.45) is 4.99 Å². The van der Waals surface area contributed by atoms with Gasteiger partial charge in [0, 0.05) is 39.1 Å². The Morgan fingerprint density at radius 3 is 2.23 bits per heavy atom. The molecule has 8 heteroatoms. The SMILES string of the molecule is CN=C(NCCNC(=O)OC(C)(C)C)NCCC(=O)NC1CCCCC1. The Bertz CT molecular complexity index is 468. The standard InChI is InChI=1S/C18H35N5O3/c1-18(2,3)26-17(25)22-13-12-21-16(19-4)20-11-10-15(24)23-14-8-6-5-7-9-14/h14H,5-13H2,1-4H3,(H,22,25)(H,23,24)(H2,19,20,21). The van der Waals surface area contributed by atoms with Gasteiger partial charge >= 0.3 is 6.09 Å². The van der Waals surface area contributed by atoms with Crippen molar-refractivity contribution in [2.45, 2.75) is 70.9 Å². The Labute approximate surface area is 156 Å². The van der Waals surface area contributed by atoms with E-state index in [-0.39, 0.29) is 5.91 Å². The summed E-state index contributed by atoms with van der Waals surface area (Å²) in [7, 11) is 1.67. The van der Waals surface area contributed by atoms with Gasteiger partial charge in [0.05, 0.1) is 0 Å². The van der Waals surface area contributed by atoms with E-state index in [0.717, 1.165) is 12.8 Å². The highest BCUT2D eigenvalue weighted by Crippen LogP contribution is 2.17. The Balaban J connectivity index is 2.11. The lowest BCUT2D eigenvalue weighted by Crippen LogP contribution is -2.44. The van der Waals surface area contributed by atoms with Gasteiger partial charge in [-0.25, -0.2) is 4.79 Å². The van der Waals surface area contributed by atoms with E-state index in [4.69, 9.17) is 4.74 Å². The highest BCUT2D eigenvalue weighted by molar-refractivity contribution is 5.81. The lowest BCUT2D eigenvalue weighted by molar-refractivity contribution is -0.121. The summed E-state index contributed by atoms with van der Waals surface area (Å²) in [5, 5.41) is 11.9. The molecule has 0 atom stereocenters. The average Bonchev–Trinajstić information content (AvgIpc) is 2.56. The van der Waals surface area contributed by atoms with Gasteiger partial charge in [0.15, 0.2) is 5.96 Å². The first kappa shape index (κ1) is 22.1. The maximum atomic E-state index is 12.0. The van der Waals surface area contributed by atoms with Crippen LogP contribution in [0.3, 0.4) is 0 Å². The van der Waals surface area contributed by atoms with E-state index in [1.54, 1.807) is 7.05 Å². The molecular formula is C18H35N5O3. The third kappa shape index (κ3) is 10.8. The van der Waals surface area contributed by atoms with E-state index < -0.39 is 11.7 Å². The molecule has 2 amide bonds. The number of nitrogens with one attached hydrogen (secondary N) is 4. The van der Waals surface area contributed by atoms with Crippen LogP contribution in [-0.4, -0.2) is 56.3 Å². The number of guanidine groups is 1. The summed E-state index contributed by atoms with van der Waals surface area (Å²) in [6.07, 6.45) is 5.84. The molecule has 8 nitrogen and oxygen atoms in total. The van der Waals surface area contributed by atoms with Crippen LogP contribution in [0.1, 0.15) is 59.3 Å². The fourth-order valence-electron chi connectivity index (χ4n) is 2.72. The van der Waals surface area contributed by atoms with E-state index in [2.05, 4.69) is 26.3 Å². The molecule has 1 fully saturated rings. The summed E-state index contributed by atoms with van der Waals surface area (Å²) in [4.78, 5) is 27.6. The Morgan fingerprint density at radius 2 is 1.62 bits per heavy atom. The maximum absolute atomic E-state index is 12.0. The van der Waals surface area contributed by atoms with Crippen LogP contribution >= 0.6 is 0 Å². The van der Waals surface area contributed by atoms with Crippen LogP contribution in [-0.2, 0) is 9.53 Å². The summed E-state index contributed by atoms with van der Waals surface area (Å²) >= 11 is 0. The zero-order chi connectivity index (χ0) is 19.4. The van der Waals surface area contributed by atoms with Crippen molar-refractivity contribution in [1.29, 1.82) is 0 Å². The predicted molar refractivity (Wildman–Crippen MR) is 103 cm³/mol. The Kier molecular flexibility index (Phi) is 9.83. The Hall–Kier alpha value is -1.99. The molecule has 0 unspecified atom stereocenters. The van der Waals surface area contributed by atoms with Crippen molar-refractivity contribution in [3.63, 3.8) is 0 Å². The topological polar surface area (TPSA) is 104 Å². The second kappa shape index (κ2) is 11.6. The maximum Gasteiger partial charge on any atom is 0.407 e. The van der Waals surface area contributed by atoms with Crippen molar-refractivity contribution >= 4 is 18.0 Å². The quantitative estimate of drug-likeness (QED) is 0.309. The molecule has 1 saturated carbocycles. The average molecular weight is 370 g/mol. The van der Waals surface area contributed by atoms with Gasteiger partial charge in [0.2, 0.25) is 5.91 Å². The molecule has 0 bridgehead atoms. The molecule has 0 aromatic carbocycles. The Morgan fingerprint density at radius 1 is 1.00 bits per heavy atom. The minimum Gasteiger partial charge on any atom is -0.444 e. The largest absolute Gasteiger partial charge is 0.444 e. The van der Waals surface area contributed by atoms with Gasteiger partial charge in [-0.05, 0) is 33.6 Å². The molecule has 0 saturated heterocycles. The van der Waals surface area contributed by atoms with Gasteiger partial charge in [0.25, 0.3) is 0 Å². The number of aliphatic imine (C=N–C) groups is 1. The lowest BCUT2D eigenvalue weighted by atomic mass is 9.95. The molecular weight excluding hydrogens is 334 g/mol. The minimum atomic E-state index is -0.507. The number of ether oxygens (including phenoxy) is 1. The number of hydrogen-bond acceptors (Lipinski definition) is 4. The number of hydrogen-bond donors (Lipinski definition) is 4. The van der Waals surface area contributed by atoms with Crippen LogP contribution in [0.25, 0.3) is 0 Å². The zero-order valence-corrected chi connectivity index (χ0v) is 16.6. The number of carbonyl (C=O) groups excluding carboxylic acids is 2. The lowest BCUT2D eigenvalue weighted by Gasteiger charge is -2.22. The summed E-state index contributed by atoms with van der Waals surface area (Å²) < 4.78 is 5.16. The molecule has 1 aliphatic carbocycles. The van der Waals surface area contributed by atoms with E-state index in [9.17, 15) is 9.59 Å². The first-order valence-electron chi connectivity index (χ1n) is 9.51. The summed E-state index contributed by atoms with van der Waals surface area (Å²) in [5.74, 6) is 0.674. The van der Waals surface area contributed by atoms with Crippen molar-refractivity contribution < 1.29 is 14.3 Å². The second-order valence-corrected chi connectivity index (χ2v) is 7.51. The molecule has 1 rings (SSSR count). The number of nitrogens with zero attached hydrogens (tertiary/aromatic N) is 1. The normalized spacial score (nSPS) is 15.9. The van der Waals surface area contributed by atoms with E-state index in [1.807, 2.05) is 20.8 Å². The molecule has 0 aromatic heterocycles. The third-order valence-corrected chi connectivity index (χ3v) is 3.92. The van der Waals surface area contributed by atoms with Gasteiger partial charge in [-0.1, -0.05) is 19.3 Å². The molecule has 150 valence electrons.